The molecule has 1 aromatic heterocycles. The van der Waals surface area contributed by atoms with Gasteiger partial charge in [-0.25, -0.2) is 0 Å². The molecule has 0 aliphatic carbocycles. The summed E-state index contributed by atoms with van der Waals surface area (Å²) >= 11 is 0. The zero-order valence-electron chi connectivity index (χ0n) is 22.3. The number of rotatable bonds is 5. The second kappa shape index (κ2) is 9.65. The summed E-state index contributed by atoms with van der Waals surface area (Å²) in [5, 5.41) is 13.8. The highest BCUT2D eigenvalue weighted by atomic mass is 15.4. The summed E-state index contributed by atoms with van der Waals surface area (Å²) in [7, 11) is 0. The summed E-state index contributed by atoms with van der Waals surface area (Å²) in [5.41, 5.74) is 11.4. The van der Waals surface area contributed by atoms with E-state index in [1.807, 2.05) is 17.1 Å². The van der Waals surface area contributed by atoms with Crippen LogP contribution in [0.4, 0.5) is 0 Å². The van der Waals surface area contributed by atoms with E-state index < -0.39 is 0 Å². The van der Waals surface area contributed by atoms with Crippen LogP contribution in [0, 0.1) is 26.2 Å². The van der Waals surface area contributed by atoms with Crippen LogP contribution in [-0.4, -0.2) is 15.4 Å². The van der Waals surface area contributed by atoms with E-state index in [2.05, 4.69) is 113 Å². The molecule has 182 valence electrons. The molecule has 35 heavy (non-hydrogen) atoms. The minimum atomic E-state index is -0.0158. The summed E-state index contributed by atoms with van der Waals surface area (Å²) in [5.74, 6) is 0. The quantitative estimate of drug-likeness (QED) is 0.390. The van der Waals surface area contributed by atoms with Gasteiger partial charge in [-0.1, -0.05) is 64.1 Å². The predicted molar refractivity (Wildman–Crippen MR) is 143 cm³/mol. The van der Waals surface area contributed by atoms with Gasteiger partial charge in [0.15, 0.2) is 17.6 Å². The molecular weight excluding hydrogens is 430 g/mol. The van der Waals surface area contributed by atoms with E-state index in [0.717, 1.165) is 46.7 Å². The molecule has 5 heteroatoms. The molecule has 1 aliphatic heterocycles. The van der Waals surface area contributed by atoms with Crippen molar-refractivity contribution in [2.24, 2.45) is 5.41 Å². The van der Waals surface area contributed by atoms with Crippen molar-refractivity contribution in [3.05, 3.63) is 88.3 Å². The number of allylic oxidation sites excluding steroid dienone is 1. The van der Waals surface area contributed by atoms with Crippen molar-refractivity contribution >= 4 is 11.4 Å². The third-order valence-electron chi connectivity index (χ3n) is 6.60. The number of nitrogens with zero attached hydrogens (tertiary/aromatic N) is 5. The Morgan fingerprint density at radius 2 is 1.66 bits per heavy atom. The van der Waals surface area contributed by atoms with Crippen LogP contribution in [0.1, 0.15) is 69.7 Å². The van der Waals surface area contributed by atoms with Crippen LogP contribution in [0.25, 0.3) is 28.0 Å². The normalized spacial score (nSPS) is 13.9. The minimum Gasteiger partial charge on any atom is -0.657 e. The lowest BCUT2D eigenvalue weighted by Crippen LogP contribution is -2.34. The molecule has 5 nitrogen and oxygen atoms in total. The van der Waals surface area contributed by atoms with E-state index in [0.29, 0.717) is 0 Å². The monoisotopic (exact) mass is 467 g/mol. The number of benzene rings is 2. The second-order valence-corrected chi connectivity index (χ2v) is 10.4. The van der Waals surface area contributed by atoms with Crippen LogP contribution in [0.15, 0.2) is 60.7 Å². The standard InChI is InChI=1S/C30H37N5/c1-9-24(10-2)34-19-28(30(6,7)8)31-17-27(34)23-12-11-13-25(16-23)35-18-26(32-33-35)29-21(4)14-20(3)15-22(29)5/h11-19H,9-10H2,1-8H3. The van der Waals surface area contributed by atoms with Crippen LogP contribution < -0.4 is 9.90 Å². The van der Waals surface area contributed by atoms with Crippen molar-refractivity contribution in [1.29, 1.82) is 0 Å². The first kappa shape index (κ1) is 24.6. The van der Waals surface area contributed by atoms with Gasteiger partial charge < -0.3 is 5.32 Å². The fourth-order valence-corrected chi connectivity index (χ4v) is 4.77. The van der Waals surface area contributed by atoms with Crippen molar-refractivity contribution < 1.29 is 9.26 Å². The largest absolute Gasteiger partial charge is 0.657 e. The molecular formula is C30H37N5. The van der Waals surface area contributed by atoms with Crippen LogP contribution >= 0.6 is 0 Å². The molecule has 0 bridgehead atoms. The Bertz CT molecular complexity index is 1320. The molecule has 2 aromatic carbocycles. The summed E-state index contributed by atoms with van der Waals surface area (Å²) in [4.78, 5) is 0. The van der Waals surface area contributed by atoms with Crippen molar-refractivity contribution in [3.8, 4) is 16.9 Å². The first-order valence-electron chi connectivity index (χ1n) is 12.5. The summed E-state index contributed by atoms with van der Waals surface area (Å²) in [6, 6.07) is 12.9. The highest BCUT2D eigenvalue weighted by Gasteiger charge is 2.23. The third-order valence-corrected chi connectivity index (χ3v) is 6.60. The SMILES string of the molecule is CCC(CC)=[N+]1C=C(C(C)(C)C)[N-]C=C1c1cccc(-[n+]2cc(-c3c(C)cc(C)cc3C)n[n-]2)c1. The molecule has 0 spiro atoms. The minimum absolute atomic E-state index is 0.0158. The van der Waals surface area contributed by atoms with Crippen molar-refractivity contribution in [3.63, 3.8) is 0 Å². The predicted octanol–water partition coefficient (Wildman–Crippen LogP) is 6.75. The molecule has 0 fully saturated rings. The van der Waals surface area contributed by atoms with Gasteiger partial charge in [0, 0.05) is 24.0 Å². The highest BCUT2D eigenvalue weighted by Crippen LogP contribution is 2.36. The average Bonchev–Trinajstić information content (AvgIpc) is 3.28. The van der Waals surface area contributed by atoms with Crippen molar-refractivity contribution in [2.75, 3.05) is 0 Å². The molecule has 0 radical (unpaired) electrons. The maximum absolute atomic E-state index is 4.84. The first-order chi connectivity index (χ1) is 16.6. The van der Waals surface area contributed by atoms with Gasteiger partial charge in [-0.2, -0.15) is 4.58 Å². The molecule has 3 aromatic rings. The van der Waals surface area contributed by atoms with Gasteiger partial charge in [0.05, 0.1) is 0 Å². The maximum Gasteiger partial charge on any atom is 0.201 e. The summed E-state index contributed by atoms with van der Waals surface area (Å²) in [6.45, 7) is 17.5. The Balaban J connectivity index is 1.74. The Morgan fingerprint density at radius 1 is 0.971 bits per heavy atom. The molecule has 0 unspecified atom stereocenters. The van der Waals surface area contributed by atoms with Gasteiger partial charge in [-0.05, 0) is 55.5 Å². The van der Waals surface area contributed by atoms with Crippen LogP contribution in [0.5, 0.6) is 0 Å². The average molecular weight is 468 g/mol. The zero-order valence-corrected chi connectivity index (χ0v) is 22.3. The van der Waals surface area contributed by atoms with E-state index in [-0.39, 0.29) is 5.41 Å². The Labute approximate surface area is 209 Å². The molecule has 0 amide bonds. The van der Waals surface area contributed by atoms with Gasteiger partial charge >= 0.3 is 0 Å². The molecule has 2 heterocycles. The molecule has 0 N–H and O–H groups in total. The lowest BCUT2D eigenvalue weighted by molar-refractivity contribution is -0.664. The molecule has 0 saturated heterocycles. The topological polar surface area (TPSA) is 48.0 Å². The lowest BCUT2D eigenvalue weighted by atomic mass is 9.91. The molecule has 1 aliphatic rings. The van der Waals surface area contributed by atoms with Gasteiger partial charge in [-0.3, -0.25) is 9.90 Å². The van der Waals surface area contributed by atoms with Gasteiger partial charge in [0.25, 0.3) is 0 Å². The smallest absolute Gasteiger partial charge is 0.201 e. The number of hydrogen-bond acceptors (Lipinski definition) is 1. The van der Waals surface area contributed by atoms with Gasteiger partial charge in [0.1, 0.15) is 11.9 Å². The highest BCUT2D eigenvalue weighted by molar-refractivity contribution is 5.83. The number of aromatic nitrogens is 3. The van der Waals surface area contributed by atoms with E-state index in [1.54, 1.807) is 0 Å². The summed E-state index contributed by atoms with van der Waals surface area (Å²) < 4.78 is 4.20. The van der Waals surface area contributed by atoms with E-state index >= 15 is 0 Å². The fourth-order valence-electron chi connectivity index (χ4n) is 4.77. The summed E-state index contributed by atoms with van der Waals surface area (Å²) in [6.07, 6.45) is 8.22. The fraction of sp³-hybridized carbons (Fsp3) is 0.367. The second-order valence-electron chi connectivity index (χ2n) is 10.4. The van der Waals surface area contributed by atoms with Crippen LogP contribution in [0.3, 0.4) is 0 Å². The maximum atomic E-state index is 4.84. The van der Waals surface area contributed by atoms with E-state index in [4.69, 9.17) is 5.32 Å². The Kier molecular flexibility index (Phi) is 6.79. The lowest BCUT2D eigenvalue weighted by Gasteiger charge is -2.35. The first-order valence-corrected chi connectivity index (χ1v) is 12.5. The number of hydrogen-bond donors (Lipinski definition) is 0. The van der Waals surface area contributed by atoms with E-state index in [1.165, 1.54) is 22.4 Å². The van der Waals surface area contributed by atoms with Crippen LogP contribution in [0.2, 0.25) is 0 Å². The van der Waals surface area contributed by atoms with Crippen molar-refractivity contribution in [1.82, 2.24) is 10.3 Å². The molecule has 0 atom stereocenters. The van der Waals surface area contributed by atoms with Crippen molar-refractivity contribution in [2.45, 2.75) is 68.2 Å². The van der Waals surface area contributed by atoms with E-state index in [9.17, 15) is 0 Å². The molecule has 0 saturated carbocycles. The zero-order chi connectivity index (χ0) is 25.3. The Morgan fingerprint density at radius 3 is 2.29 bits per heavy atom. The van der Waals surface area contributed by atoms with Gasteiger partial charge in [-0.15, -0.1) is 11.3 Å². The number of aryl methyl sites for hydroxylation is 3. The van der Waals surface area contributed by atoms with Crippen LogP contribution in [-0.2, 0) is 0 Å². The molecule has 4 rings (SSSR count). The third kappa shape index (κ3) is 5.00. The van der Waals surface area contributed by atoms with Gasteiger partial charge in [0.2, 0.25) is 5.69 Å². The Hall–Kier alpha value is -3.47.